The molecule has 0 spiro atoms. The zero-order chi connectivity index (χ0) is 33.3. The second-order valence-corrected chi connectivity index (χ2v) is 12.5. The van der Waals surface area contributed by atoms with E-state index in [9.17, 15) is 0 Å². The highest BCUT2D eigenvalue weighted by atomic mass is 16.3. The number of anilines is 3. The van der Waals surface area contributed by atoms with E-state index >= 15 is 0 Å². The molecule has 1 aromatic heterocycles. The largest absolute Gasteiger partial charge is 0.456 e. The van der Waals surface area contributed by atoms with E-state index in [1.165, 1.54) is 22.1 Å². The van der Waals surface area contributed by atoms with Crippen LogP contribution in [0, 0.1) is 0 Å². The van der Waals surface area contributed by atoms with Crippen LogP contribution in [0.3, 0.4) is 0 Å². The summed E-state index contributed by atoms with van der Waals surface area (Å²) in [5.74, 6) is 0.868. The summed E-state index contributed by atoms with van der Waals surface area (Å²) in [6.45, 7) is 0. The molecule has 236 valence electrons. The van der Waals surface area contributed by atoms with Gasteiger partial charge in [0.1, 0.15) is 11.3 Å². The molecule has 0 amide bonds. The highest BCUT2D eigenvalue weighted by molar-refractivity contribution is 6.09. The van der Waals surface area contributed by atoms with Crippen LogP contribution < -0.4 is 4.90 Å². The summed E-state index contributed by atoms with van der Waals surface area (Å²) in [5, 5.41) is 3.41. The van der Waals surface area contributed by atoms with Gasteiger partial charge in [0.25, 0.3) is 0 Å². The molecule has 0 N–H and O–H groups in total. The highest BCUT2D eigenvalue weighted by Gasteiger charge is 2.22. The van der Waals surface area contributed by atoms with Gasteiger partial charge < -0.3 is 9.32 Å². The molecule has 0 saturated carbocycles. The SMILES string of the molecule is c1ccc(-c2ccc(N(c3ccc4ccc5oc(-c6ccccc6)cc5c4c3)c3ccccc3-c3ccccc3)c(-c3ccccc3)c2)cc1. The van der Waals surface area contributed by atoms with E-state index in [4.69, 9.17) is 4.42 Å². The number of fused-ring (bicyclic) bond motifs is 3. The van der Waals surface area contributed by atoms with Crippen LogP contribution in [0.1, 0.15) is 0 Å². The Kier molecular flexibility index (Phi) is 7.53. The number of para-hydroxylation sites is 1. The molecule has 9 rings (SSSR count). The monoisotopic (exact) mass is 639 g/mol. The first-order chi connectivity index (χ1) is 24.8. The molecule has 50 heavy (non-hydrogen) atoms. The lowest BCUT2D eigenvalue weighted by Crippen LogP contribution is -2.12. The van der Waals surface area contributed by atoms with E-state index in [2.05, 4.69) is 187 Å². The van der Waals surface area contributed by atoms with Crippen molar-refractivity contribution < 1.29 is 4.42 Å². The summed E-state index contributed by atoms with van der Waals surface area (Å²) >= 11 is 0. The first-order valence-corrected chi connectivity index (χ1v) is 17.0. The van der Waals surface area contributed by atoms with Crippen molar-refractivity contribution in [1.29, 1.82) is 0 Å². The average Bonchev–Trinajstić information content (AvgIpc) is 3.65. The molecule has 9 aromatic rings. The van der Waals surface area contributed by atoms with Gasteiger partial charge in [0, 0.05) is 27.8 Å². The maximum Gasteiger partial charge on any atom is 0.135 e. The predicted molar refractivity (Wildman–Crippen MR) is 210 cm³/mol. The molecule has 0 aliphatic heterocycles. The van der Waals surface area contributed by atoms with Gasteiger partial charge in [-0.1, -0.05) is 158 Å². The Morgan fingerprint density at radius 2 is 0.900 bits per heavy atom. The molecule has 0 unspecified atom stereocenters. The van der Waals surface area contributed by atoms with Crippen molar-refractivity contribution in [3.05, 3.63) is 200 Å². The van der Waals surface area contributed by atoms with Gasteiger partial charge in [-0.15, -0.1) is 0 Å². The minimum atomic E-state index is 0.868. The summed E-state index contributed by atoms with van der Waals surface area (Å²) in [5.41, 5.74) is 12.2. The lowest BCUT2D eigenvalue weighted by atomic mass is 9.95. The second kappa shape index (κ2) is 12.8. The molecule has 0 radical (unpaired) electrons. The number of nitrogens with zero attached hydrogens (tertiary/aromatic N) is 1. The Bertz CT molecular complexity index is 2570. The smallest absolute Gasteiger partial charge is 0.135 e. The van der Waals surface area contributed by atoms with Gasteiger partial charge in [0.15, 0.2) is 0 Å². The lowest BCUT2D eigenvalue weighted by molar-refractivity contribution is 0.632. The number of rotatable bonds is 7. The third-order valence-electron chi connectivity index (χ3n) is 9.48. The topological polar surface area (TPSA) is 16.4 Å². The molecule has 0 aliphatic carbocycles. The van der Waals surface area contributed by atoms with Crippen LogP contribution in [0.5, 0.6) is 0 Å². The Hall–Kier alpha value is -6.64. The molecular weight excluding hydrogens is 607 g/mol. The van der Waals surface area contributed by atoms with Gasteiger partial charge in [-0.3, -0.25) is 0 Å². The molecule has 0 saturated heterocycles. The normalized spacial score (nSPS) is 11.2. The molecule has 1 heterocycles. The van der Waals surface area contributed by atoms with Gasteiger partial charge in [0.2, 0.25) is 0 Å². The molecule has 0 aliphatic rings. The van der Waals surface area contributed by atoms with Crippen molar-refractivity contribution in [2.45, 2.75) is 0 Å². The summed E-state index contributed by atoms with van der Waals surface area (Å²) in [6, 6.07) is 71.1. The standard InChI is InChI=1S/C48H33NO/c1-5-15-34(16-6-1)39-26-29-46(43(31-39)36-19-9-3-10-20-36)49(45-24-14-13-23-41(45)35-17-7-2-8-18-35)40-28-25-37-27-30-47-44(42(37)32-40)33-48(50-47)38-21-11-4-12-22-38/h1-33H. The maximum atomic E-state index is 6.43. The minimum absolute atomic E-state index is 0.868. The van der Waals surface area contributed by atoms with Crippen molar-refractivity contribution in [3.8, 4) is 44.7 Å². The van der Waals surface area contributed by atoms with Crippen LogP contribution >= 0.6 is 0 Å². The van der Waals surface area contributed by atoms with Crippen LogP contribution in [0.25, 0.3) is 66.4 Å². The summed E-state index contributed by atoms with van der Waals surface area (Å²) in [7, 11) is 0. The Morgan fingerprint density at radius 3 is 1.60 bits per heavy atom. The minimum Gasteiger partial charge on any atom is -0.456 e. The third kappa shape index (κ3) is 5.43. The number of hydrogen-bond acceptors (Lipinski definition) is 2. The molecular formula is C48H33NO. The van der Waals surface area contributed by atoms with Crippen LogP contribution in [0.15, 0.2) is 205 Å². The second-order valence-electron chi connectivity index (χ2n) is 12.5. The Morgan fingerprint density at radius 1 is 0.340 bits per heavy atom. The lowest BCUT2D eigenvalue weighted by Gasteiger charge is -2.30. The van der Waals surface area contributed by atoms with Gasteiger partial charge in [0.05, 0.1) is 11.4 Å². The summed E-state index contributed by atoms with van der Waals surface area (Å²) in [6.07, 6.45) is 0. The average molecular weight is 640 g/mol. The van der Waals surface area contributed by atoms with Crippen molar-refractivity contribution in [2.75, 3.05) is 4.90 Å². The number of hydrogen-bond donors (Lipinski definition) is 0. The van der Waals surface area contributed by atoms with Crippen molar-refractivity contribution in [1.82, 2.24) is 0 Å². The van der Waals surface area contributed by atoms with Gasteiger partial charge >= 0.3 is 0 Å². The zero-order valence-electron chi connectivity index (χ0n) is 27.4. The molecule has 0 bridgehead atoms. The maximum absolute atomic E-state index is 6.43. The fraction of sp³-hybridized carbons (Fsp3) is 0. The summed E-state index contributed by atoms with van der Waals surface area (Å²) < 4.78 is 6.43. The van der Waals surface area contributed by atoms with Gasteiger partial charge in [-0.25, -0.2) is 0 Å². The molecule has 8 aromatic carbocycles. The van der Waals surface area contributed by atoms with Gasteiger partial charge in [-0.2, -0.15) is 0 Å². The van der Waals surface area contributed by atoms with Crippen LogP contribution in [0.4, 0.5) is 17.1 Å². The molecule has 2 heteroatoms. The predicted octanol–water partition coefficient (Wildman–Crippen LogP) is 13.7. The number of benzene rings is 8. The molecule has 2 nitrogen and oxygen atoms in total. The quantitative estimate of drug-likeness (QED) is 0.173. The van der Waals surface area contributed by atoms with Crippen molar-refractivity contribution in [3.63, 3.8) is 0 Å². The first-order valence-electron chi connectivity index (χ1n) is 17.0. The Balaban J connectivity index is 1.31. The highest BCUT2D eigenvalue weighted by Crippen LogP contribution is 2.47. The molecule has 0 fully saturated rings. The van der Waals surface area contributed by atoms with E-state index in [0.29, 0.717) is 0 Å². The summed E-state index contributed by atoms with van der Waals surface area (Å²) in [4.78, 5) is 2.43. The van der Waals surface area contributed by atoms with E-state index in [-0.39, 0.29) is 0 Å². The van der Waals surface area contributed by atoms with E-state index < -0.39 is 0 Å². The van der Waals surface area contributed by atoms with Crippen molar-refractivity contribution in [2.24, 2.45) is 0 Å². The first kappa shape index (κ1) is 29.5. The van der Waals surface area contributed by atoms with Crippen molar-refractivity contribution >= 4 is 38.8 Å². The zero-order valence-corrected chi connectivity index (χ0v) is 27.4. The number of furan rings is 1. The fourth-order valence-electron chi connectivity index (χ4n) is 7.04. The van der Waals surface area contributed by atoms with Gasteiger partial charge in [-0.05, 0) is 75.5 Å². The third-order valence-corrected chi connectivity index (χ3v) is 9.48. The molecule has 0 atom stereocenters. The van der Waals surface area contributed by atoms with Crippen LogP contribution in [-0.4, -0.2) is 0 Å². The van der Waals surface area contributed by atoms with E-state index in [1.54, 1.807) is 0 Å². The van der Waals surface area contributed by atoms with E-state index in [0.717, 1.165) is 61.4 Å². The fourth-order valence-corrected chi connectivity index (χ4v) is 7.04. The Labute approximate surface area is 292 Å². The van der Waals surface area contributed by atoms with Crippen LogP contribution in [-0.2, 0) is 0 Å². The van der Waals surface area contributed by atoms with Crippen LogP contribution in [0.2, 0.25) is 0 Å². The van der Waals surface area contributed by atoms with E-state index in [1.807, 2.05) is 18.2 Å².